The van der Waals surface area contributed by atoms with Crippen molar-refractivity contribution in [2.45, 2.75) is 0 Å². The number of non-ortho nitro benzene ring substituents is 1. The lowest BCUT2D eigenvalue weighted by atomic mass is 10.0. The fourth-order valence-corrected chi connectivity index (χ4v) is 2.67. The van der Waals surface area contributed by atoms with E-state index in [1.165, 1.54) is 12.1 Å². The molecular weight excluding hydrogens is 395 g/mol. The van der Waals surface area contributed by atoms with Crippen molar-refractivity contribution in [3.63, 3.8) is 0 Å². The molecule has 0 aliphatic carbocycles. The summed E-state index contributed by atoms with van der Waals surface area (Å²) in [5.41, 5.74) is 1.67. The van der Waals surface area contributed by atoms with Gasteiger partial charge in [0.2, 0.25) is 0 Å². The van der Waals surface area contributed by atoms with Gasteiger partial charge in [0.25, 0.3) is 5.69 Å². The van der Waals surface area contributed by atoms with E-state index in [4.69, 9.17) is 4.74 Å². The second kappa shape index (κ2) is 7.04. The zero-order valence-corrected chi connectivity index (χ0v) is 13.8. The number of nitrogens with zero attached hydrogens (tertiary/aromatic N) is 2. The summed E-state index contributed by atoms with van der Waals surface area (Å²) in [6.45, 7) is 0. The molecule has 0 fully saturated rings. The molecule has 0 amide bonds. The first kappa shape index (κ1) is 16.0. The average Bonchev–Trinajstić information content (AvgIpc) is 2.52. The summed E-state index contributed by atoms with van der Waals surface area (Å²) in [6.07, 6.45) is 1.70. The Bertz CT molecular complexity index is 794. The summed E-state index contributed by atoms with van der Waals surface area (Å²) in [7, 11) is 1.59. The van der Waals surface area contributed by atoms with E-state index in [0.717, 1.165) is 14.9 Å². The maximum absolute atomic E-state index is 10.8. The predicted octanol–water partition coefficient (Wildman–Crippen LogP) is 4.27. The Labute approximate surface area is 141 Å². The van der Waals surface area contributed by atoms with Crippen molar-refractivity contribution in [2.24, 2.45) is 0 Å². The van der Waals surface area contributed by atoms with E-state index in [-0.39, 0.29) is 5.69 Å². The molecule has 6 heteroatoms. The van der Waals surface area contributed by atoms with Crippen molar-refractivity contribution < 1.29 is 9.66 Å². The van der Waals surface area contributed by atoms with Gasteiger partial charge in [-0.3, -0.25) is 10.1 Å². The van der Waals surface area contributed by atoms with Crippen molar-refractivity contribution in [1.82, 2.24) is 0 Å². The highest BCUT2D eigenvalue weighted by atomic mass is 127. The van der Waals surface area contributed by atoms with E-state index in [0.29, 0.717) is 11.1 Å². The summed E-state index contributed by atoms with van der Waals surface area (Å²) < 4.78 is 6.11. The van der Waals surface area contributed by atoms with Crippen molar-refractivity contribution in [3.8, 4) is 11.8 Å². The monoisotopic (exact) mass is 406 g/mol. The van der Waals surface area contributed by atoms with Gasteiger partial charge in [-0.2, -0.15) is 5.26 Å². The van der Waals surface area contributed by atoms with Gasteiger partial charge in [0, 0.05) is 12.1 Å². The Morgan fingerprint density at radius 3 is 2.73 bits per heavy atom. The molecule has 0 heterocycles. The molecule has 0 saturated carbocycles. The third-order valence-electron chi connectivity index (χ3n) is 2.98. The van der Waals surface area contributed by atoms with Crippen LogP contribution in [-0.4, -0.2) is 12.0 Å². The van der Waals surface area contributed by atoms with Crippen LogP contribution < -0.4 is 4.74 Å². The highest BCUT2D eigenvalue weighted by molar-refractivity contribution is 14.1. The summed E-state index contributed by atoms with van der Waals surface area (Å²) in [4.78, 5) is 10.3. The Morgan fingerprint density at radius 1 is 1.36 bits per heavy atom. The molecule has 22 heavy (non-hydrogen) atoms. The van der Waals surface area contributed by atoms with Crippen LogP contribution in [0.25, 0.3) is 11.6 Å². The zero-order valence-electron chi connectivity index (χ0n) is 11.6. The minimum Gasteiger partial charge on any atom is -0.496 e. The topological polar surface area (TPSA) is 76.2 Å². The van der Waals surface area contributed by atoms with E-state index in [9.17, 15) is 15.4 Å². The summed E-state index contributed by atoms with van der Waals surface area (Å²) in [6, 6.07) is 13.6. The zero-order chi connectivity index (χ0) is 16.1. The van der Waals surface area contributed by atoms with Crippen molar-refractivity contribution >= 4 is 39.9 Å². The van der Waals surface area contributed by atoms with Gasteiger partial charge >= 0.3 is 0 Å². The first-order valence-corrected chi connectivity index (χ1v) is 7.33. The second-order valence-corrected chi connectivity index (χ2v) is 5.53. The van der Waals surface area contributed by atoms with Gasteiger partial charge in [0.1, 0.15) is 5.75 Å². The molecule has 0 saturated heterocycles. The summed E-state index contributed by atoms with van der Waals surface area (Å²) >= 11 is 2.15. The molecule has 5 nitrogen and oxygen atoms in total. The van der Waals surface area contributed by atoms with Crippen LogP contribution in [0, 0.1) is 25.0 Å². The van der Waals surface area contributed by atoms with Gasteiger partial charge in [-0.1, -0.05) is 18.2 Å². The quantitative estimate of drug-likeness (QED) is 0.250. The molecule has 0 aliphatic rings. The molecule has 0 bridgehead atoms. The lowest BCUT2D eigenvalue weighted by molar-refractivity contribution is -0.384. The maximum atomic E-state index is 10.8. The Kier molecular flexibility index (Phi) is 5.12. The van der Waals surface area contributed by atoms with Gasteiger partial charge in [-0.25, -0.2) is 0 Å². The molecule has 2 aromatic carbocycles. The van der Waals surface area contributed by atoms with Gasteiger partial charge in [-0.15, -0.1) is 0 Å². The van der Waals surface area contributed by atoms with Gasteiger partial charge in [-0.05, 0) is 51.9 Å². The minimum atomic E-state index is -0.477. The molecule has 0 unspecified atom stereocenters. The normalized spacial score (nSPS) is 10.9. The Balaban J connectivity index is 2.44. The molecule has 0 atom stereocenters. The molecule has 0 N–H and O–H groups in total. The molecule has 110 valence electrons. The van der Waals surface area contributed by atoms with Gasteiger partial charge in [0.05, 0.1) is 27.2 Å². The highest BCUT2D eigenvalue weighted by Crippen LogP contribution is 2.25. The fourth-order valence-electron chi connectivity index (χ4n) is 1.91. The molecular formula is C16H11IN2O3. The Morgan fingerprint density at radius 2 is 2.14 bits per heavy atom. The van der Waals surface area contributed by atoms with Gasteiger partial charge < -0.3 is 4.74 Å². The number of halogens is 1. The standard InChI is InChI=1S/C16H11IN2O3/c1-22-16-6-5-11(8-15(16)17)7-13(10-18)12-3-2-4-14(9-12)19(20)21/h2-9H,1H3. The number of benzene rings is 2. The number of nitro benzene ring substituents is 1. The first-order valence-electron chi connectivity index (χ1n) is 6.25. The molecule has 0 aliphatic heterocycles. The van der Waals surface area contributed by atoms with E-state index >= 15 is 0 Å². The number of hydrogen-bond acceptors (Lipinski definition) is 4. The smallest absolute Gasteiger partial charge is 0.270 e. The number of hydrogen-bond donors (Lipinski definition) is 0. The summed E-state index contributed by atoms with van der Waals surface area (Å²) in [5, 5.41) is 20.2. The molecule has 0 aromatic heterocycles. The predicted molar refractivity (Wildman–Crippen MR) is 92.3 cm³/mol. The van der Waals surface area contributed by atoms with Crippen LogP contribution in [-0.2, 0) is 0 Å². The van der Waals surface area contributed by atoms with E-state index < -0.39 is 4.92 Å². The number of rotatable bonds is 4. The minimum absolute atomic E-state index is 0.0389. The lowest BCUT2D eigenvalue weighted by Crippen LogP contribution is -1.90. The van der Waals surface area contributed by atoms with E-state index in [1.807, 2.05) is 18.2 Å². The number of nitro groups is 1. The van der Waals surface area contributed by atoms with Crippen molar-refractivity contribution in [2.75, 3.05) is 7.11 Å². The molecule has 2 rings (SSSR count). The summed E-state index contributed by atoms with van der Waals surface area (Å²) in [5.74, 6) is 0.756. The number of nitriles is 1. The van der Waals surface area contributed by atoms with Crippen LogP contribution in [0.1, 0.15) is 11.1 Å². The van der Waals surface area contributed by atoms with Crippen LogP contribution in [0.4, 0.5) is 5.69 Å². The maximum Gasteiger partial charge on any atom is 0.270 e. The van der Waals surface area contributed by atoms with Gasteiger partial charge in [0.15, 0.2) is 0 Å². The SMILES string of the molecule is COc1ccc(C=C(C#N)c2cccc([N+](=O)[O-])c2)cc1I. The lowest BCUT2D eigenvalue weighted by Gasteiger charge is -2.04. The number of methoxy groups -OCH3 is 1. The highest BCUT2D eigenvalue weighted by Gasteiger charge is 2.09. The number of allylic oxidation sites excluding steroid dienone is 1. The van der Waals surface area contributed by atoms with Crippen LogP contribution in [0.2, 0.25) is 0 Å². The number of ether oxygens (including phenoxy) is 1. The molecule has 0 spiro atoms. The Hall–Kier alpha value is -2.40. The molecule has 2 aromatic rings. The fraction of sp³-hybridized carbons (Fsp3) is 0.0625. The van der Waals surface area contributed by atoms with E-state index in [1.54, 1.807) is 25.3 Å². The first-order chi connectivity index (χ1) is 10.5. The van der Waals surface area contributed by atoms with Crippen LogP contribution in [0.15, 0.2) is 42.5 Å². The van der Waals surface area contributed by atoms with Crippen molar-refractivity contribution in [1.29, 1.82) is 5.26 Å². The second-order valence-electron chi connectivity index (χ2n) is 4.37. The van der Waals surface area contributed by atoms with E-state index in [2.05, 4.69) is 28.7 Å². The largest absolute Gasteiger partial charge is 0.496 e. The average molecular weight is 406 g/mol. The third-order valence-corrected chi connectivity index (χ3v) is 3.82. The van der Waals surface area contributed by atoms with Crippen LogP contribution >= 0.6 is 22.6 Å². The molecule has 0 radical (unpaired) electrons. The van der Waals surface area contributed by atoms with Crippen LogP contribution in [0.5, 0.6) is 5.75 Å². The third kappa shape index (κ3) is 3.62. The van der Waals surface area contributed by atoms with Crippen LogP contribution in [0.3, 0.4) is 0 Å². The van der Waals surface area contributed by atoms with Crippen molar-refractivity contribution in [3.05, 3.63) is 67.3 Å².